The molecule has 8 heteroatoms. The molecule has 1 aromatic heterocycles. The zero-order valence-corrected chi connectivity index (χ0v) is 19.5. The van der Waals surface area contributed by atoms with Gasteiger partial charge in [-0.3, -0.25) is 4.90 Å². The third kappa shape index (κ3) is 9.25. The number of guanidine groups is 1. The zero-order chi connectivity index (χ0) is 18.8. The van der Waals surface area contributed by atoms with Crippen molar-refractivity contribution in [1.29, 1.82) is 0 Å². The lowest BCUT2D eigenvalue weighted by atomic mass is 9.94. The molecule has 2 rings (SSSR count). The summed E-state index contributed by atoms with van der Waals surface area (Å²) in [6, 6.07) is 0. The Morgan fingerprint density at radius 1 is 1.22 bits per heavy atom. The van der Waals surface area contributed by atoms with Crippen molar-refractivity contribution >= 4 is 29.9 Å². The Morgan fingerprint density at radius 2 is 1.96 bits per heavy atom. The van der Waals surface area contributed by atoms with E-state index in [1.54, 1.807) is 6.20 Å². The van der Waals surface area contributed by atoms with Gasteiger partial charge in [0, 0.05) is 31.6 Å². The van der Waals surface area contributed by atoms with Gasteiger partial charge in [-0.05, 0) is 26.3 Å². The molecular weight excluding hydrogens is 457 g/mol. The number of unbranched alkanes of at least 4 members (excludes halogenated alkanes) is 1. The van der Waals surface area contributed by atoms with Gasteiger partial charge in [0.05, 0.1) is 19.4 Å². The lowest BCUT2D eigenvalue weighted by Gasteiger charge is -2.26. The first-order valence-corrected chi connectivity index (χ1v) is 9.76. The molecule has 1 aromatic rings. The van der Waals surface area contributed by atoms with E-state index < -0.39 is 0 Å². The molecule has 0 radical (unpaired) electrons. The number of oxazole rings is 1. The van der Waals surface area contributed by atoms with Crippen LogP contribution in [0.4, 0.5) is 0 Å². The van der Waals surface area contributed by atoms with E-state index in [2.05, 4.69) is 53.2 Å². The van der Waals surface area contributed by atoms with Crippen molar-refractivity contribution < 1.29 is 9.15 Å². The second kappa shape index (κ2) is 12.6. The second-order valence-corrected chi connectivity index (χ2v) is 7.65. The van der Waals surface area contributed by atoms with Crippen LogP contribution < -0.4 is 10.6 Å². The molecule has 0 bridgehead atoms. The average molecular weight is 493 g/mol. The number of nitrogens with zero attached hydrogens (tertiary/aromatic N) is 3. The summed E-state index contributed by atoms with van der Waals surface area (Å²) in [7, 11) is 0. The van der Waals surface area contributed by atoms with Gasteiger partial charge in [-0.1, -0.05) is 20.8 Å². The predicted octanol–water partition coefficient (Wildman–Crippen LogP) is 2.76. The van der Waals surface area contributed by atoms with Gasteiger partial charge in [-0.15, -0.1) is 24.0 Å². The van der Waals surface area contributed by atoms with Crippen molar-refractivity contribution in [2.75, 3.05) is 45.9 Å². The van der Waals surface area contributed by atoms with Crippen LogP contribution in [0.5, 0.6) is 0 Å². The maximum absolute atomic E-state index is 5.80. The summed E-state index contributed by atoms with van der Waals surface area (Å²) in [5.74, 6) is 2.36. The van der Waals surface area contributed by atoms with Crippen LogP contribution in [0.1, 0.15) is 52.2 Å². The number of rotatable bonds is 8. The molecule has 2 heterocycles. The van der Waals surface area contributed by atoms with Crippen LogP contribution in [0, 0.1) is 0 Å². The van der Waals surface area contributed by atoms with Gasteiger partial charge in [-0.25, -0.2) is 9.98 Å². The van der Waals surface area contributed by atoms with E-state index >= 15 is 0 Å². The van der Waals surface area contributed by atoms with Gasteiger partial charge in [0.15, 0.2) is 5.96 Å². The minimum atomic E-state index is -0.0296. The van der Waals surface area contributed by atoms with E-state index in [0.717, 1.165) is 64.1 Å². The lowest BCUT2D eigenvalue weighted by molar-refractivity contribution is 0.0372. The molecule has 0 aliphatic carbocycles. The SMILES string of the molecule is CCNC(=NCc1ncc(C(C)(C)C)o1)NCCCCN1CCOCC1.I. The van der Waals surface area contributed by atoms with Gasteiger partial charge in [0.1, 0.15) is 12.3 Å². The minimum absolute atomic E-state index is 0. The maximum Gasteiger partial charge on any atom is 0.216 e. The fourth-order valence-electron chi connectivity index (χ4n) is 2.71. The fraction of sp³-hybridized carbons (Fsp3) is 0.789. The lowest BCUT2D eigenvalue weighted by Crippen LogP contribution is -2.39. The van der Waals surface area contributed by atoms with Crippen molar-refractivity contribution in [3.63, 3.8) is 0 Å². The number of nitrogens with one attached hydrogen (secondary N) is 2. The molecule has 0 amide bonds. The summed E-state index contributed by atoms with van der Waals surface area (Å²) in [4.78, 5) is 11.4. The molecule has 1 aliphatic rings. The Balaban J connectivity index is 0.00000364. The highest BCUT2D eigenvalue weighted by Gasteiger charge is 2.19. The van der Waals surface area contributed by atoms with Gasteiger partial charge < -0.3 is 19.8 Å². The molecule has 7 nitrogen and oxygen atoms in total. The molecule has 0 spiro atoms. The monoisotopic (exact) mass is 493 g/mol. The topological polar surface area (TPSA) is 74.9 Å². The third-order valence-electron chi connectivity index (χ3n) is 4.31. The molecule has 27 heavy (non-hydrogen) atoms. The fourth-order valence-corrected chi connectivity index (χ4v) is 2.71. The van der Waals surface area contributed by atoms with Crippen LogP contribution in [0.25, 0.3) is 0 Å². The van der Waals surface area contributed by atoms with Crippen LogP contribution in [0.2, 0.25) is 0 Å². The van der Waals surface area contributed by atoms with E-state index in [-0.39, 0.29) is 29.4 Å². The van der Waals surface area contributed by atoms with E-state index in [0.29, 0.717) is 12.4 Å². The van der Waals surface area contributed by atoms with E-state index in [4.69, 9.17) is 9.15 Å². The Kier molecular flexibility index (Phi) is 11.2. The van der Waals surface area contributed by atoms with Crippen LogP contribution in [0.3, 0.4) is 0 Å². The van der Waals surface area contributed by atoms with E-state index in [9.17, 15) is 0 Å². The summed E-state index contributed by atoms with van der Waals surface area (Å²) >= 11 is 0. The third-order valence-corrected chi connectivity index (χ3v) is 4.31. The molecule has 0 saturated carbocycles. The van der Waals surface area contributed by atoms with Gasteiger partial charge in [0.2, 0.25) is 5.89 Å². The van der Waals surface area contributed by atoms with E-state index in [1.807, 2.05) is 0 Å². The average Bonchev–Trinajstić information content (AvgIpc) is 3.09. The summed E-state index contributed by atoms with van der Waals surface area (Å²) < 4.78 is 11.2. The first-order valence-electron chi connectivity index (χ1n) is 9.76. The zero-order valence-electron chi connectivity index (χ0n) is 17.2. The molecule has 0 atom stereocenters. The highest BCUT2D eigenvalue weighted by Crippen LogP contribution is 2.22. The van der Waals surface area contributed by atoms with Crippen molar-refractivity contribution in [3.05, 3.63) is 17.8 Å². The Bertz CT molecular complexity index is 551. The van der Waals surface area contributed by atoms with Crippen LogP contribution >= 0.6 is 24.0 Å². The quantitative estimate of drug-likeness (QED) is 0.251. The van der Waals surface area contributed by atoms with E-state index in [1.165, 1.54) is 6.42 Å². The van der Waals surface area contributed by atoms with Gasteiger partial charge >= 0.3 is 0 Å². The number of hydrogen-bond donors (Lipinski definition) is 2. The Morgan fingerprint density at radius 3 is 2.59 bits per heavy atom. The largest absolute Gasteiger partial charge is 0.443 e. The molecule has 0 aromatic carbocycles. The molecule has 156 valence electrons. The van der Waals surface area contributed by atoms with Crippen LogP contribution in [0.15, 0.2) is 15.6 Å². The number of aliphatic imine (C=N–C) groups is 1. The summed E-state index contributed by atoms with van der Waals surface area (Å²) in [5, 5.41) is 6.66. The number of aromatic nitrogens is 1. The number of morpholine rings is 1. The summed E-state index contributed by atoms with van der Waals surface area (Å²) in [6.45, 7) is 15.6. The summed E-state index contributed by atoms with van der Waals surface area (Å²) in [6.07, 6.45) is 4.10. The molecule has 1 aliphatic heterocycles. The smallest absolute Gasteiger partial charge is 0.216 e. The molecule has 0 unspecified atom stereocenters. The first kappa shape index (κ1) is 24.2. The second-order valence-electron chi connectivity index (χ2n) is 7.65. The molecule has 1 saturated heterocycles. The maximum atomic E-state index is 5.80. The normalized spacial score (nSPS) is 16.1. The van der Waals surface area contributed by atoms with Gasteiger partial charge in [-0.2, -0.15) is 0 Å². The number of hydrogen-bond acceptors (Lipinski definition) is 5. The van der Waals surface area contributed by atoms with Crippen LogP contribution in [-0.2, 0) is 16.7 Å². The Labute approximate surface area is 180 Å². The molecule has 1 fully saturated rings. The van der Waals surface area contributed by atoms with Crippen molar-refractivity contribution in [2.24, 2.45) is 4.99 Å². The highest BCUT2D eigenvalue weighted by atomic mass is 127. The van der Waals surface area contributed by atoms with Crippen molar-refractivity contribution in [2.45, 2.75) is 52.5 Å². The van der Waals surface area contributed by atoms with Crippen molar-refractivity contribution in [1.82, 2.24) is 20.5 Å². The minimum Gasteiger partial charge on any atom is -0.443 e. The van der Waals surface area contributed by atoms with Gasteiger partial charge in [0.25, 0.3) is 0 Å². The Hall–Kier alpha value is -0.870. The number of ether oxygens (including phenoxy) is 1. The standard InChI is InChI=1S/C19H35N5O2.HI/c1-5-20-18(21-8-6-7-9-24-10-12-25-13-11-24)23-15-17-22-14-16(26-17)19(2,3)4;/h14H,5-13,15H2,1-4H3,(H2,20,21,23);1H. The van der Waals surface area contributed by atoms with Crippen LogP contribution in [-0.4, -0.2) is 61.8 Å². The summed E-state index contributed by atoms with van der Waals surface area (Å²) in [5.41, 5.74) is -0.0296. The van der Waals surface area contributed by atoms with Crippen molar-refractivity contribution in [3.8, 4) is 0 Å². The molecular formula is C19H36IN5O2. The number of halogens is 1. The first-order chi connectivity index (χ1) is 12.5. The molecule has 2 N–H and O–H groups in total. The predicted molar refractivity (Wildman–Crippen MR) is 120 cm³/mol. The highest BCUT2D eigenvalue weighted by molar-refractivity contribution is 14.0.